The Morgan fingerprint density at radius 3 is 1.52 bits per heavy atom. The molecule has 0 amide bonds. The van der Waals surface area contributed by atoms with E-state index in [1.54, 1.807) is 48.5 Å². The zero-order valence-electron chi connectivity index (χ0n) is 33.3. The first-order valence-electron chi connectivity index (χ1n) is 17.4. The van der Waals surface area contributed by atoms with Gasteiger partial charge in [0.25, 0.3) is 0 Å². The van der Waals surface area contributed by atoms with Crippen molar-refractivity contribution in [3.05, 3.63) is 152 Å². The fourth-order valence-corrected chi connectivity index (χ4v) is 6.22. The van der Waals surface area contributed by atoms with Gasteiger partial charge >= 0.3 is 28.4 Å². The van der Waals surface area contributed by atoms with Crippen LogP contribution in [0.5, 0.6) is 0 Å². The van der Waals surface area contributed by atoms with Crippen LogP contribution in [-0.2, 0) is 41.5 Å². The third-order valence-electron chi connectivity index (χ3n) is 8.57. The third-order valence-corrected chi connectivity index (χ3v) is 9.08. The summed E-state index contributed by atoms with van der Waals surface area (Å²) in [7, 11) is 0. The zero-order chi connectivity index (χ0) is 37.9. The molecule has 0 bridgehead atoms. The first kappa shape index (κ1) is 50.3. The number of allylic oxidation sites excluding steroid dienone is 4. The summed E-state index contributed by atoms with van der Waals surface area (Å²) in [5.41, 5.74) is 13.3. The molecule has 282 valence electrons. The molecule has 0 fully saturated rings. The zero-order valence-corrected chi connectivity index (χ0v) is 38.9. The maximum atomic E-state index is 5.52. The van der Waals surface area contributed by atoms with E-state index in [-0.39, 0.29) is 35.6 Å². The van der Waals surface area contributed by atoms with Crippen molar-refractivity contribution in [2.45, 2.75) is 107 Å². The average Bonchev–Trinajstić information content (AvgIpc) is 3.66. The molecule has 4 aromatic carbocycles. The van der Waals surface area contributed by atoms with E-state index in [2.05, 4.69) is 142 Å². The van der Waals surface area contributed by atoms with Gasteiger partial charge < -0.3 is 0 Å². The predicted molar refractivity (Wildman–Crippen MR) is 232 cm³/mol. The summed E-state index contributed by atoms with van der Waals surface area (Å²) in [6.45, 7) is 27.2. The van der Waals surface area contributed by atoms with Crippen LogP contribution in [0.15, 0.2) is 84.5 Å². The van der Waals surface area contributed by atoms with E-state index in [0.29, 0.717) is 11.3 Å². The number of benzene rings is 4. The van der Waals surface area contributed by atoms with Crippen molar-refractivity contribution in [3.63, 3.8) is 0 Å². The van der Waals surface area contributed by atoms with Gasteiger partial charge in [-0.15, -0.1) is 64.7 Å². The second kappa shape index (κ2) is 22.6. The van der Waals surface area contributed by atoms with Crippen molar-refractivity contribution >= 4 is 52.2 Å². The van der Waals surface area contributed by atoms with Crippen molar-refractivity contribution in [1.29, 1.82) is 0 Å². The topological polar surface area (TPSA) is 0 Å². The van der Waals surface area contributed by atoms with E-state index in [9.17, 15) is 0 Å². The van der Waals surface area contributed by atoms with Gasteiger partial charge in [0.15, 0.2) is 0 Å². The molecule has 0 N–H and O–H groups in total. The summed E-state index contributed by atoms with van der Waals surface area (Å²) in [5, 5.41) is 1.53. The van der Waals surface area contributed by atoms with E-state index in [4.69, 9.17) is 23.2 Å². The van der Waals surface area contributed by atoms with Crippen molar-refractivity contribution in [2.24, 2.45) is 11.3 Å². The molecule has 2 aliphatic carbocycles. The van der Waals surface area contributed by atoms with Crippen molar-refractivity contribution in [1.82, 2.24) is 0 Å². The summed E-state index contributed by atoms with van der Waals surface area (Å²) >= 11 is 12.3. The summed E-state index contributed by atoms with van der Waals surface area (Å²) in [5.74, 6) is 0.573. The molecular weight excluding hydrogens is 798 g/mol. The minimum absolute atomic E-state index is 0. The predicted octanol–water partition coefficient (Wildman–Crippen LogP) is 14.7. The molecule has 0 spiro atoms. The van der Waals surface area contributed by atoms with Gasteiger partial charge in [-0.2, -0.15) is 90.0 Å². The van der Waals surface area contributed by atoms with Gasteiger partial charge in [0.05, 0.1) is 0 Å². The van der Waals surface area contributed by atoms with Crippen molar-refractivity contribution in [3.8, 4) is 11.1 Å². The molecule has 1 unspecified atom stereocenters. The second-order valence-electron chi connectivity index (χ2n) is 15.8. The molecule has 6 rings (SSSR count). The molecule has 0 aromatic heterocycles. The van der Waals surface area contributed by atoms with Gasteiger partial charge in [-0.1, -0.05) is 127 Å². The second-order valence-corrected chi connectivity index (χ2v) is 16.7. The Labute approximate surface area is 355 Å². The van der Waals surface area contributed by atoms with Gasteiger partial charge in [0.1, 0.15) is 0 Å². The van der Waals surface area contributed by atoms with Crippen LogP contribution in [0.3, 0.4) is 0 Å². The molecule has 0 nitrogen and oxygen atoms in total. The van der Waals surface area contributed by atoms with Crippen LogP contribution in [0.4, 0.5) is 0 Å². The standard InChI is InChI=1S/C23H29.C11H17.2C6H4Cl.CH2.2ClH.Zr/c1-14-9-16-11-17-10-15(2)21(23(6,7)8)13-19(17)18(16)12-20(14)22(3,4)5;1-5-9-6-7-10(8-9)11(2,3)4;2*7-6-4-2-1-3-5-6;;;;/h9,12-13H,11H2,1-8H3;7-9H,5H2,1-4H3;2*2-5H;1H2;2*1H;/q4*-1;;;;. The molecule has 4 aromatic rings. The molecule has 0 heterocycles. The van der Waals surface area contributed by atoms with Gasteiger partial charge in [0.2, 0.25) is 0 Å². The van der Waals surface area contributed by atoms with Crippen LogP contribution < -0.4 is 0 Å². The molecule has 0 radical (unpaired) electrons. The quantitative estimate of drug-likeness (QED) is 0.147. The number of hydrogen-bond donors (Lipinski definition) is 0. The van der Waals surface area contributed by atoms with Gasteiger partial charge in [0, 0.05) is 0 Å². The monoisotopic (exact) mass is 852 g/mol. The van der Waals surface area contributed by atoms with Crippen molar-refractivity contribution < 1.29 is 24.2 Å². The van der Waals surface area contributed by atoms with Crippen LogP contribution in [0.25, 0.3) is 11.1 Å². The molecule has 1 atom stereocenters. The molecule has 52 heavy (non-hydrogen) atoms. The van der Waals surface area contributed by atoms with Crippen LogP contribution >= 0.6 is 48.0 Å². The van der Waals surface area contributed by atoms with E-state index in [1.807, 2.05) is 0 Å². The number of rotatable bonds is 1. The number of fused-ring (bicyclic) bond motifs is 3. The first-order chi connectivity index (χ1) is 23.3. The van der Waals surface area contributed by atoms with Crippen LogP contribution in [0.1, 0.15) is 109 Å². The SMILES string of the molecule is CCC1[C-]=CC(C(C)(C)C)=C1.Cc1[c-]c2c(cc1C(C)(C)C)-c1cc(C(C)(C)C)c(C)cc1C2.Cl.Cl.Clc1cc[c-]cc1.Clc1cc[c-]cc1.[CH2]=[Zr]. The van der Waals surface area contributed by atoms with Gasteiger partial charge in [-0.3, -0.25) is 6.08 Å². The van der Waals surface area contributed by atoms with Crippen LogP contribution in [0.2, 0.25) is 10.0 Å². The van der Waals surface area contributed by atoms with E-state index < -0.39 is 0 Å². The molecule has 0 saturated heterocycles. The van der Waals surface area contributed by atoms with Crippen molar-refractivity contribution in [2.75, 3.05) is 0 Å². The molecule has 5 heteroatoms. The third kappa shape index (κ3) is 15.6. The van der Waals surface area contributed by atoms with Crippen LogP contribution in [0, 0.1) is 49.5 Å². The molecular formula is C47H58Cl4Zr-4. The van der Waals surface area contributed by atoms with Gasteiger partial charge in [-0.05, 0) is 35.4 Å². The maximum absolute atomic E-state index is 5.52. The van der Waals surface area contributed by atoms with Gasteiger partial charge in [-0.25, -0.2) is 6.08 Å². The fourth-order valence-electron chi connectivity index (χ4n) is 5.97. The molecule has 0 saturated carbocycles. The average molecular weight is 856 g/mol. The Bertz CT molecular complexity index is 1610. The van der Waals surface area contributed by atoms with E-state index in [0.717, 1.165) is 16.5 Å². The van der Waals surface area contributed by atoms with Crippen LogP contribution in [-0.4, -0.2) is 4.21 Å². The summed E-state index contributed by atoms with van der Waals surface area (Å²) in [6.07, 6.45) is 10.0. The number of aryl methyl sites for hydroxylation is 2. The summed E-state index contributed by atoms with van der Waals surface area (Å²) < 4.78 is 3.34. The Hall–Kier alpha value is -1.73. The normalized spacial score (nSPS) is 13.6. The fraction of sp³-hybridized carbons (Fsp3) is 0.383. The number of hydrogen-bond acceptors (Lipinski definition) is 0. The molecule has 0 aliphatic heterocycles. The van der Waals surface area contributed by atoms with E-state index >= 15 is 0 Å². The molecule has 2 aliphatic rings. The van der Waals surface area contributed by atoms with E-state index in [1.165, 1.54) is 80.7 Å². The number of halogens is 4. The Kier molecular flexibility index (Phi) is 21.9. The Morgan fingerprint density at radius 2 is 1.17 bits per heavy atom. The summed E-state index contributed by atoms with van der Waals surface area (Å²) in [6, 6.07) is 30.9. The Morgan fingerprint density at radius 1 is 0.712 bits per heavy atom. The first-order valence-corrected chi connectivity index (χ1v) is 19.9. The summed E-state index contributed by atoms with van der Waals surface area (Å²) in [4.78, 5) is 0. The Balaban J connectivity index is 0.000000745. The minimum atomic E-state index is 0.